The molecule has 118 valence electrons. The third-order valence-electron chi connectivity index (χ3n) is 3.68. The van der Waals surface area contributed by atoms with Crippen molar-refractivity contribution in [3.63, 3.8) is 0 Å². The van der Waals surface area contributed by atoms with Crippen molar-refractivity contribution in [3.8, 4) is 0 Å². The van der Waals surface area contributed by atoms with Crippen LogP contribution >= 0.6 is 0 Å². The maximum Gasteiger partial charge on any atom is 0.184 e. The Bertz CT molecular complexity index is 477. The van der Waals surface area contributed by atoms with E-state index < -0.39 is 37.3 Å². The maximum atomic E-state index is 9.94. The smallest absolute Gasteiger partial charge is 0.184 e. The number of aliphatic hydroxyl groups excluding tert-OH is 4. The molecular formula is C15H22O6. The van der Waals surface area contributed by atoms with Gasteiger partial charge >= 0.3 is 0 Å². The average molecular weight is 298 g/mol. The van der Waals surface area contributed by atoms with Crippen molar-refractivity contribution < 1.29 is 29.9 Å². The summed E-state index contributed by atoms with van der Waals surface area (Å²) in [6.07, 6.45) is -5.57. The lowest BCUT2D eigenvalue weighted by molar-refractivity contribution is -0.284. The van der Waals surface area contributed by atoms with Crippen molar-refractivity contribution in [2.24, 2.45) is 0 Å². The first-order valence-electron chi connectivity index (χ1n) is 6.93. The van der Waals surface area contributed by atoms with Gasteiger partial charge in [0.05, 0.1) is 13.2 Å². The first-order valence-corrected chi connectivity index (χ1v) is 6.93. The Morgan fingerprint density at radius 3 is 2.62 bits per heavy atom. The molecule has 0 aliphatic carbocycles. The molecule has 4 N–H and O–H groups in total. The molecule has 5 atom stereocenters. The second kappa shape index (κ2) is 6.83. The van der Waals surface area contributed by atoms with Crippen molar-refractivity contribution in [1.29, 1.82) is 0 Å². The Balaban J connectivity index is 2.16. The molecule has 0 bridgehead atoms. The van der Waals surface area contributed by atoms with Gasteiger partial charge in [0.1, 0.15) is 24.4 Å². The fraction of sp³-hybridized carbons (Fsp3) is 0.600. The van der Waals surface area contributed by atoms with Gasteiger partial charge in [-0.1, -0.05) is 23.8 Å². The summed E-state index contributed by atoms with van der Waals surface area (Å²) in [4.78, 5) is 0. The molecule has 1 aromatic carbocycles. The third-order valence-corrected chi connectivity index (χ3v) is 3.68. The van der Waals surface area contributed by atoms with Gasteiger partial charge in [-0.05, 0) is 19.4 Å². The normalized spacial score (nSPS) is 29.1. The SMILES string of the molecule is Cc1ccc(C2OC[C@H](O)[C@H]([C@H](O)[C@H](O)CO)O2)c(C)c1. The van der Waals surface area contributed by atoms with E-state index in [9.17, 15) is 15.3 Å². The van der Waals surface area contributed by atoms with Crippen LogP contribution in [0.3, 0.4) is 0 Å². The highest BCUT2D eigenvalue weighted by atomic mass is 16.7. The molecule has 0 radical (unpaired) electrons. The van der Waals surface area contributed by atoms with E-state index >= 15 is 0 Å². The van der Waals surface area contributed by atoms with Gasteiger partial charge in [0, 0.05) is 5.56 Å². The monoisotopic (exact) mass is 298 g/mol. The van der Waals surface area contributed by atoms with Crippen molar-refractivity contribution >= 4 is 0 Å². The van der Waals surface area contributed by atoms with Gasteiger partial charge in [-0.3, -0.25) is 0 Å². The molecule has 1 heterocycles. The summed E-state index contributed by atoms with van der Waals surface area (Å²) in [6.45, 7) is 3.28. The zero-order chi connectivity index (χ0) is 15.6. The van der Waals surface area contributed by atoms with Gasteiger partial charge in [0.15, 0.2) is 6.29 Å². The quantitative estimate of drug-likeness (QED) is 0.614. The summed E-state index contributed by atoms with van der Waals surface area (Å²) in [7, 11) is 0. The average Bonchev–Trinajstić information content (AvgIpc) is 2.46. The molecule has 1 aromatic rings. The summed E-state index contributed by atoms with van der Waals surface area (Å²) in [6, 6.07) is 5.79. The highest BCUT2D eigenvalue weighted by Crippen LogP contribution is 2.30. The number of aliphatic hydroxyl groups is 4. The van der Waals surface area contributed by atoms with E-state index in [0.717, 1.165) is 16.7 Å². The molecule has 1 saturated heterocycles. The standard InChI is InChI=1S/C15H22O6/c1-8-3-4-10(9(2)5-8)15-20-7-12(18)14(21-15)13(19)11(17)6-16/h3-5,11-19H,6-7H2,1-2H3/t11-,12+,13-,14-,15?/m1/s1. The predicted octanol–water partition coefficient (Wildman–Crippen LogP) is -0.208. The largest absolute Gasteiger partial charge is 0.394 e. The van der Waals surface area contributed by atoms with Gasteiger partial charge in [-0.25, -0.2) is 0 Å². The van der Waals surface area contributed by atoms with Crippen molar-refractivity contribution in [1.82, 2.24) is 0 Å². The molecule has 0 saturated carbocycles. The van der Waals surface area contributed by atoms with Crippen molar-refractivity contribution in [2.75, 3.05) is 13.2 Å². The highest BCUT2D eigenvalue weighted by Gasteiger charge is 2.39. The van der Waals surface area contributed by atoms with E-state index in [1.165, 1.54) is 0 Å². The topological polar surface area (TPSA) is 99.4 Å². The summed E-state index contributed by atoms with van der Waals surface area (Å²) >= 11 is 0. The van der Waals surface area contributed by atoms with Gasteiger partial charge in [0.25, 0.3) is 0 Å². The van der Waals surface area contributed by atoms with E-state index in [0.29, 0.717) is 0 Å². The van der Waals surface area contributed by atoms with Crippen LogP contribution in [0.25, 0.3) is 0 Å². The molecule has 6 nitrogen and oxygen atoms in total. The number of hydrogen-bond acceptors (Lipinski definition) is 6. The Kier molecular flexibility index (Phi) is 5.32. The lowest BCUT2D eigenvalue weighted by Crippen LogP contribution is -2.52. The molecule has 1 fully saturated rings. The Labute approximate surface area is 123 Å². The Morgan fingerprint density at radius 1 is 1.29 bits per heavy atom. The summed E-state index contributed by atoms with van der Waals surface area (Å²) in [5.41, 5.74) is 2.90. The van der Waals surface area contributed by atoms with Gasteiger partial charge in [-0.2, -0.15) is 0 Å². The molecule has 0 aromatic heterocycles. The molecule has 1 aliphatic heterocycles. The molecule has 1 unspecified atom stereocenters. The summed E-state index contributed by atoms with van der Waals surface area (Å²) in [5, 5.41) is 38.2. The molecule has 1 aliphatic rings. The zero-order valence-electron chi connectivity index (χ0n) is 12.1. The molecule has 6 heteroatoms. The fourth-order valence-corrected chi connectivity index (χ4v) is 2.44. The van der Waals surface area contributed by atoms with Crippen LogP contribution in [0.15, 0.2) is 18.2 Å². The van der Waals surface area contributed by atoms with E-state index in [1.54, 1.807) is 0 Å². The lowest BCUT2D eigenvalue weighted by Gasteiger charge is -2.38. The lowest BCUT2D eigenvalue weighted by atomic mass is 10.0. The highest BCUT2D eigenvalue weighted by molar-refractivity contribution is 5.31. The molecule has 0 spiro atoms. The number of aryl methyl sites for hydroxylation is 2. The molecular weight excluding hydrogens is 276 g/mol. The van der Waals surface area contributed by atoms with Gasteiger partial charge < -0.3 is 29.9 Å². The zero-order valence-corrected chi connectivity index (χ0v) is 12.1. The van der Waals surface area contributed by atoms with Gasteiger partial charge in [0.2, 0.25) is 0 Å². The second-order valence-corrected chi connectivity index (χ2v) is 5.43. The minimum atomic E-state index is -1.39. The summed E-state index contributed by atoms with van der Waals surface area (Å²) < 4.78 is 11.1. The fourth-order valence-electron chi connectivity index (χ4n) is 2.44. The minimum Gasteiger partial charge on any atom is -0.394 e. The van der Waals surface area contributed by atoms with Gasteiger partial charge in [-0.15, -0.1) is 0 Å². The Hall–Kier alpha value is -1.02. The van der Waals surface area contributed by atoms with E-state index in [1.807, 2.05) is 32.0 Å². The number of ether oxygens (including phenoxy) is 2. The van der Waals surface area contributed by atoms with Crippen molar-refractivity contribution in [2.45, 2.75) is 44.6 Å². The van der Waals surface area contributed by atoms with E-state index in [2.05, 4.69) is 0 Å². The number of benzene rings is 1. The Morgan fingerprint density at radius 2 is 2.00 bits per heavy atom. The van der Waals surface area contributed by atoms with Crippen LogP contribution in [0.1, 0.15) is 23.0 Å². The first kappa shape index (κ1) is 16.4. The number of rotatable bonds is 4. The molecule has 21 heavy (non-hydrogen) atoms. The van der Waals surface area contributed by atoms with Crippen LogP contribution in [0.2, 0.25) is 0 Å². The maximum absolute atomic E-state index is 9.94. The second-order valence-electron chi connectivity index (χ2n) is 5.43. The van der Waals surface area contributed by atoms with Crippen LogP contribution in [0.5, 0.6) is 0 Å². The number of hydrogen-bond donors (Lipinski definition) is 4. The first-order chi connectivity index (χ1) is 9.93. The summed E-state index contributed by atoms with van der Waals surface area (Å²) in [5.74, 6) is 0. The predicted molar refractivity (Wildman–Crippen MR) is 74.6 cm³/mol. The van der Waals surface area contributed by atoms with Crippen molar-refractivity contribution in [3.05, 3.63) is 34.9 Å². The van der Waals surface area contributed by atoms with Crippen LogP contribution < -0.4 is 0 Å². The third kappa shape index (κ3) is 3.60. The molecule has 2 rings (SSSR count). The molecule has 0 amide bonds. The van der Waals surface area contributed by atoms with Crippen LogP contribution in [0.4, 0.5) is 0 Å². The minimum absolute atomic E-state index is 0.0160. The van der Waals surface area contributed by atoms with Crippen LogP contribution in [0, 0.1) is 13.8 Å². The van der Waals surface area contributed by atoms with Crippen LogP contribution in [-0.4, -0.2) is 58.1 Å². The van der Waals surface area contributed by atoms with Crippen LogP contribution in [-0.2, 0) is 9.47 Å². The van der Waals surface area contributed by atoms with E-state index in [4.69, 9.17) is 14.6 Å². The van der Waals surface area contributed by atoms with E-state index in [-0.39, 0.29) is 6.61 Å².